The average molecular weight is 271 g/mol. The lowest BCUT2D eigenvalue weighted by Gasteiger charge is -2.13. The number of aryl methyl sites for hydroxylation is 1. The van der Waals surface area contributed by atoms with Crippen molar-refractivity contribution in [3.05, 3.63) is 23.1 Å². The molecule has 2 aromatic rings. The highest BCUT2D eigenvalue weighted by molar-refractivity contribution is 5.96. The van der Waals surface area contributed by atoms with E-state index in [0.717, 1.165) is 35.4 Å². The lowest BCUT2D eigenvalue weighted by Crippen LogP contribution is -2.09. The van der Waals surface area contributed by atoms with Crippen LogP contribution in [0.2, 0.25) is 0 Å². The lowest BCUT2D eigenvalue weighted by molar-refractivity contribution is 0.0519. The summed E-state index contributed by atoms with van der Waals surface area (Å²) in [4.78, 5) is 12.1. The van der Waals surface area contributed by atoms with Crippen LogP contribution in [-0.2, 0) is 24.1 Å². The van der Waals surface area contributed by atoms with Gasteiger partial charge in [-0.25, -0.2) is 4.79 Å². The number of fused-ring (bicyclic) bond motifs is 3. The van der Waals surface area contributed by atoms with Crippen LogP contribution in [-0.4, -0.2) is 32.6 Å². The summed E-state index contributed by atoms with van der Waals surface area (Å²) in [6.07, 6.45) is 3.31. The number of rotatable bonds is 3. The summed E-state index contributed by atoms with van der Waals surface area (Å²) in [5.41, 5.74) is 3.71. The number of nitrogens with zero attached hydrogens (tertiary/aromatic N) is 4. The first kappa shape index (κ1) is 12.4. The SMILES string of the molecule is CCOC(=O)c1nn(CC#N)c2c1-c1[nH]ncc1CC2. The van der Waals surface area contributed by atoms with Crippen molar-refractivity contribution in [3.63, 3.8) is 0 Å². The number of aromatic amines is 1. The Bertz CT molecular complexity index is 707. The Kier molecular flexibility index (Phi) is 2.99. The molecule has 0 amide bonds. The van der Waals surface area contributed by atoms with E-state index in [1.165, 1.54) is 0 Å². The fraction of sp³-hybridized carbons (Fsp3) is 0.385. The van der Waals surface area contributed by atoms with Crippen LogP contribution < -0.4 is 0 Å². The Balaban J connectivity index is 2.17. The minimum absolute atomic E-state index is 0.116. The monoisotopic (exact) mass is 271 g/mol. The molecule has 1 aliphatic rings. The predicted molar refractivity (Wildman–Crippen MR) is 68.8 cm³/mol. The molecular formula is C13H13N5O2. The van der Waals surface area contributed by atoms with Crippen LogP contribution in [0.1, 0.15) is 28.7 Å². The third-order valence-electron chi connectivity index (χ3n) is 3.35. The second-order valence-electron chi connectivity index (χ2n) is 4.48. The number of H-pyrrole nitrogens is 1. The zero-order valence-corrected chi connectivity index (χ0v) is 11.0. The molecule has 3 rings (SSSR count). The number of ether oxygens (including phenoxy) is 1. The second kappa shape index (κ2) is 4.81. The summed E-state index contributed by atoms with van der Waals surface area (Å²) in [5, 5.41) is 20.1. The van der Waals surface area contributed by atoms with Crippen LogP contribution in [0.3, 0.4) is 0 Å². The first-order valence-electron chi connectivity index (χ1n) is 6.42. The smallest absolute Gasteiger partial charge is 0.359 e. The van der Waals surface area contributed by atoms with E-state index < -0.39 is 5.97 Å². The van der Waals surface area contributed by atoms with Crippen LogP contribution in [0.5, 0.6) is 0 Å². The van der Waals surface area contributed by atoms with Gasteiger partial charge in [-0.2, -0.15) is 15.5 Å². The summed E-state index contributed by atoms with van der Waals surface area (Å²) in [6, 6.07) is 2.06. The van der Waals surface area contributed by atoms with Crippen LogP contribution in [0.15, 0.2) is 6.20 Å². The molecule has 0 radical (unpaired) electrons. The maximum atomic E-state index is 12.1. The number of carbonyl (C=O) groups excluding carboxylic acids is 1. The van der Waals surface area contributed by atoms with Crippen molar-refractivity contribution >= 4 is 5.97 Å². The predicted octanol–water partition coefficient (Wildman–Crippen LogP) is 1.07. The summed E-state index contributed by atoms with van der Waals surface area (Å²) in [5.74, 6) is -0.470. The topological polar surface area (TPSA) is 96.6 Å². The van der Waals surface area contributed by atoms with Gasteiger partial charge >= 0.3 is 5.97 Å². The van der Waals surface area contributed by atoms with Crippen molar-refractivity contribution in [1.82, 2.24) is 20.0 Å². The summed E-state index contributed by atoms with van der Waals surface area (Å²) >= 11 is 0. The summed E-state index contributed by atoms with van der Waals surface area (Å²) in [6.45, 7) is 2.15. The standard InChI is InChI=1S/C13H13N5O2/c1-2-20-13(19)12-10-9(18(17-12)6-5-14)4-3-8-7-15-16-11(8)10/h7H,2-4,6H2,1H3,(H,15,16). The molecule has 20 heavy (non-hydrogen) atoms. The van der Waals surface area contributed by atoms with E-state index >= 15 is 0 Å². The lowest BCUT2D eigenvalue weighted by atomic mass is 9.94. The van der Waals surface area contributed by atoms with Gasteiger partial charge in [-0.1, -0.05) is 0 Å². The van der Waals surface area contributed by atoms with Gasteiger partial charge in [-0.15, -0.1) is 0 Å². The molecule has 0 saturated heterocycles. The minimum atomic E-state index is -0.470. The van der Waals surface area contributed by atoms with Gasteiger partial charge in [0.2, 0.25) is 0 Å². The van der Waals surface area contributed by atoms with Gasteiger partial charge in [-0.3, -0.25) is 9.78 Å². The number of nitrogens with one attached hydrogen (secondary N) is 1. The van der Waals surface area contributed by atoms with Crippen LogP contribution >= 0.6 is 0 Å². The van der Waals surface area contributed by atoms with E-state index in [1.54, 1.807) is 17.8 Å². The first-order valence-corrected chi connectivity index (χ1v) is 6.42. The molecular weight excluding hydrogens is 258 g/mol. The number of nitriles is 1. The number of hydrogen-bond donors (Lipinski definition) is 1. The third kappa shape index (κ3) is 1.77. The minimum Gasteiger partial charge on any atom is -0.461 e. The molecule has 0 atom stereocenters. The molecule has 0 spiro atoms. The van der Waals surface area contributed by atoms with E-state index in [2.05, 4.69) is 21.4 Å². The highest BCUT2D eigenvalue weighted by Gasteiger charge is 2.30. The van der Waals surface area contributed by atoms with Crippen molar-refractivity contribution in [2.75, 3.05) is 6.61 Å². The van der Waals surface area contributed by atoms with Crippen LogP contribution in [0.4, 0.5) is 0 Å². The Labute approximate surface area is 115 Å². The van der Waals surface area contributed by atoms with Gasteiger partial charge in [0.25, 0.3) is 0 Å². The van der Waals surface area contributed by atoms with Gasteiger partial charge in [0.15, 0.2) is 5.69 Å². The van der Waals surface area contributed by atoms with Crippen LogP contribution in [0, 0.1) is 11.3 Å². The fourth-order valence-electron chi connectivity index (χ4n) is 2.52. The van der Waals surface area contributed by atoms with E-state index in [1.807, 2.05) is 0 Å². The zero-order valence-electron chi connectivity index (χ0n) is 11.0. The Morgan fingerprint density at radius 1 is 1.60 bits per heavy atom. The molecule has 2 aromatic heterocycles. The number of hydrogen-bond acceptors (Lipinski definition) is 5. The fourth-order valence-corrected chi connectivity index (χ4v) is 2.52. The molecule has 0 saturated carbocycles. The maximum Gasteiger partial charge on any atom is 0.359 e. The maximum absolute atomic E-state index is 12.1. The molecule has 0 fully saturated rings. The first-order chi connectivity index (χ1) is 9.76. The quantitative estimate of drug-likeness (QED) is 0.842. The van der Waals surface area contributed by atoms with E-state index in [0.29, 0.717) is 0 Å². The van der Waals surface area contributed by atoms with Crippen molar-refractivity contribution in [1.29, 1.82) is 5.26 Å². The molecule has 0 unspecified atom stereocenters. The Morgan fingerprint density at radius 3 is 3.20 bits per heavy atom. The zero-order chi connectivity index (χ0) is 14.1. The van der Waals surface area contributed by atoms with Gasteiger partial charge in [0, 0.05) is 0 Å². The van der Waals surface area contributed by atoms with E-state index in [-0.39, 0.29) is 18.8 Å². The van der Waals surface area contributed by atoms with Crippen molar-refractivity contribution in [2.45, 2.75) is 26.3 Å². The summed E-state index contributed by atoms with van der Waals surface area (Å²) < 4.78 is 6.62. The van der Waals surface area contributed by atoms with E-state index in [4.69, 9.17) is 10.00 Å². The Morgan fingerprint density at radius 2 is 2.45 bits per heavy atom. The van der Waals surface area contributed by atoms with Gasteiger partial charge in [0.05, 0.1) is 35.8 Å². The normalized spacial score (nSPS) is 12.4. The highest BCUT2D eigenvalue weighted by Crippen LogP contribution is 2.34. The van der Waals surface area contributed by atoms with Crippen LogP contribution in [0.25, 0.3) is 11.3 Å². The molecule has 0 aromatic carbocycles. The number of esters is 1. The van der Waals surface area contributed by atoms with E-state index in [9.17, 15) is 4.79 Å². The van der Waals surface area contributed by atoms with Crippen molar-refractivity contribution < 1.29 is 9.53 Å². The third-order valence-corrected chi connectivity index (χ3v) is 3.35. The summed E-state index contributed by atoms with van der Waals surface area (Å²) in [7, 11) is 0. The molecule has 0 aliphatic heterocycles. The van der Waals surface area contributed by atoms with Crippen molar-refractivity contribution in [3.8, 4) is 17.3 Å². The molecule has 7 heteroatoms. The van der Waals surface area contributed by atoms with Gasteiger partial charge in [0.1, 0.15) is 6.54 Å². The van der Waals surface area contributed by atoms with Gasteiger partial charge < -0.3 is 4.74 Å². The second-order valence-corrected chi connectivity index (χ2v) is 4.48. The average Bonchev–Trinajstić information content (AvgIpc) is 3.03. The molecule has 2 heterocycles. The highest BCUT2D eigenvalue weighted by atomic mass is 16.5. The molecule has 0 bridgehead atoms. The molecule has 1 aliphatic carbocycles. The molecule has 1 N–H and O–H groups in total. The molecule has 102 valence electrons. The van der Waals surface area contributed by atoms with Crippen molar-refractivity contribution in [2.24, 2.45) is 0 Å². The number of aromatic nitrogens is 4. The Hall–Kier alpha value is -2.62. The largest absolute Gasteiger partial charge is 0.461 e. The number of carbonyl (C=O) groups is 1. The van der Waals surface area contributed by atoms with Gasteiger partial charge in [-0.05, 0) is 25.3 Å². The molecule has 7 nitrogen and oxygen atoms in total.